The first kappa shape index (κ1) is 11.0. The third-order valence-electron chi connectivity index (χ3n) is 3.05. The predicted octanol–water partition coefficient (Wildman–Crippen LogP) is 2.38. The molecule has 1 N–H and O–H groups in total. The Balaban J connectivity index is 2.09. The molecule has 0 heterocycles. The summed E-state index contributed by atoms with van der Waals surface area (Å²) in [6.07, 6.45) is 2.36. The Labute approximate surface area is 95.0 Å². The summed E-state index contributed by atoms with van der Waals surface area (Å²) in [5.74, 6) is 0.429. The molecule has 1 aliphatic rings. The highest BCUT2D eigenvalue weighted by atomic mass is 16.5. The van der Waals surface area contributed by atoms with Crippen LogP contribution in [-0.4, -0.2) is 17.7 Å². The maximum absolute atomic E-state index is 11.4. The van der Waals surface area contributed by atoms with Crippen LogP contribution in [0.25, 0.3) is 0 Å². The topological polar surface area (TPSA) is 46.5 Å². The molecule has 0 unspecified atom stereocenters. The maximum Gasteiger partial charge on any atom is 0.306 e. The van der Waals surface area contributed by atoms with Gasteiger partial charge in [0.1, 0.15) is 5.75 Å². The van der Waals surface area contributed by atoms with E-state index in [9.17, 15) is 9.90 Å². The Hall–Kier alpha value is -1.51. The number of fused-ring (bicyclic) bond motifs is 1. The Kier molecular flexibility index (Phi) is 3.13. The minimum absolute atomic E-state index is 0.131. The third-order valence-corrected chi connectivity index (χ3v) is 3.05. The van der Waals surface area contributed by atoms with Gasteiger partial charge in [0.15, 0.2) is 0 Å². The highest BCUT2D eigenvalue weighted by Crippen LogP contribution is 2.37. The van der Waals surface area contributed by atoms with Crippen molar-refractivity contribution in [2.24, 2.45) is 0 Å². The van der Waals surface area contributed by atoms with Crippen molar-refractivity contribution in [2.75, 3.05) is 6.61 Å². The van der Waals surface area contributed by atoms with Crippen molar-refractivity contribution in [2.45, 2.75) is 32.1 Å². The van der Waals surface area contributed by atoms with Crippen LogP contribution in [0.15, 0.2) is 18.2 Å². The van der Waals surface area contributed by atoms with E-state index in [0.29, 0.717) is 18.8 Å². The van der Waals surface area contributed by atoms with Gasteiger partial charge in [0.25, 0.3) is 0 Å². The average Bonchev–Trinajstić information content (AvgIpc) is 2.61. The van der Waals surface area contributed by atoms with Crippen LogP contribution in [-0.2, 0) is 16.0 Å². The Morgan fingerprint density at radius 3 is 3.12 bits per heavy atom. The highest BCUT2D eigenvalue weighted by molar-refractivity contribution is 5.71. The van der Waals surface area contributed by atoms with Crippen molar-refractivity contribution in [1.82, 2.24) is 0 Å². The molecule has 0 bridgehead atoms. The molecule has 0 fully saturated rings. The molecule has 0 spiro atoms. The van der Waals surface area contributed by atoms with E-state index in [1.807, 2.05) is 13.0 Å². The number of aromatic hydroxyl groups is 1. The fraction of sp³-hybridized carbons (Fsp3) is 0.462. The monoisotopic (exact) mass is 220 g/mol. The largest absolute Gasteiger partial charge is 0.508 e. The number of carbonyl (C=O) groups excluding carboxylic acids is 1. The molecule has 1 aromatic carbocycles. The fourth-order valence-electron chi connectivity index (χ4n) is 2.33. The van der Waals surface area contributed by atoms with Crippen molar-refractivity contribution in [3.63, 3.8) is 0 Å². The van der Waals surface area contributed by atoms with Crippen LogP contribution >= 0.6 is 0 Å². The molecule has 1 aliphatic carbocycles. The van der Waals surface area contributed by atoms with E-state index in [1.54, 1.807) is 12.1 Å². The number of hydrogen-bond acceptors (Lipinski definition) is 3. The van der Waals surface area contributed by atoms with Crippen molar-refractivity contribution < 1.29 is 14.6 Å². The summed E-state index contributed by atoms with van der Waals surface area (Å²) < 4.78 is 4.95. The lowest BCUT2D eigenvalue weighted by Crippen LogP contribution is -2.08. The SMILES string of the molecule is CCOC(=O)C[C@H]1CCc2cc(O)ccc21. The van der Waals surface area contributed by atoms with E-state index in [0.717, 1.165) is 18.4 Å². The van der Waals surface area contributed by atoms with Gasteiger partial charge < -0.3 is 9.84 Å². The highest BCUT2D eigenvalue weighted by Gasteiger charge is 2.25. The second-order valence-electron chi connectivity index (χ2n) is 4.13. The lowest BCUT2D eigenvalue weighted by Gasteiger charge is -2.10. The average molecular weight is 220 g/mol. The number of aryl methyl sites for hydroxylation is 1. The van der Waals surface area contributed by atoms with E-state index in [-0.39, 0.29) is 11.9 Å². The molecule has 0 amide bonds. The Bertz CT molecular complexity index is 398. The lowest BCUT2D eigenvalue weighted by atomic mass is 9.98. The zero-order chi connectivity index (χ0) is 11.5. The number of ether oxygens (including phenoxy) is 1. The first-order chi connectivity index (χ1) is 7.70. The quantitative estimate of drug-likeness (QED) is 0.795. The molecule has 0 radical (unpaired) electrons. The van der Waals surface area contributed by atoms with Gasteiger partial charge in [-0.3, -0.25) is 4.79 Å². The molecule has 3 heteroatoms. The summed E-state index contributed by atoms with van der Waals surface area (Å²) in [6, 6.07) is 5.39. The molecule has 0 saturated heterocycles. The molecular weight excluding hydrogens is 204 g/mol. The molecule has 86 valence electrons. The lowest BCUT2D eigenvalue weighted by molar-refractivity contribution is -0.143. The van der Waals surface area contributed by atoms with Crippen molar-refractivity contribution in [3.8, 4) is 5.75 Å². The maximum atomic E-state index is 11.4. The normalized spacial score (nSPS) is 18.2. The van der Waals surface area contributed by atoms with Gasteiger partial charge in [-0.05, 0) is 48.9 Å². The van der Waals surface area contributed by atoms with E-state index < -0.39 is 0 Å². The second kappa shape index (κ2) is 4.56. The molecule has 0 saturated carbocycles. The Morgan fingerprint density at radius 1 is 1.56 bits per heavy atom. The van der Waals surface area contributed by atoms with Crippen LogP contribution in [0.4, 0.5) is 0 Å². The van der Waals surface area contributed by atoms with Gasteiger partial charge in [-0.25, -0.2) is 0 Å². The summed E-state index contributed by atoms with van der Waals surface area (Å²) in [4.78, 5) is 11.4. The molecule has 0 aliphatic heterocycles. The molecule has 1 aromatic rings. The molecule has 3 nitrogen and oxygen atoms in total. The van der Waals surface area contributed by atoms with Gasteiger partial charge in [-0.15, -0.1) is 0 Å². The van der Waals surface area contributed by atoms with Gasteiger partial charge >= 0.3 is 5.97 Å². The smallest absolute Gasteiger partial charge is 0.306 e. The molecule has 16 heavy (non-hydrogen) atoms. The summed E-state index contributed by atoms with van der Waals surface area (Å²) in [5, 5.41) is 9.36. The van der Waals surface area contributed by atoms with Crippen LogP contribution in [0.1, 0.15) is 36.8 Å². The predicted molar refractivity (Wildman–Crippen MR) is 60.4 cm³/mol. The minimum Gasteiger partial charge on any atom is -0.508 e. The second-order valence-corrected chi connectivity index (χ2v) is 4.13. The molecule has 2 rings (SSSR count). The van der Waals surface area contributed by atoms with Crippen LogP contribution in [0.3, 0.4) is 0 Å². The van der Waals surface area contributed by atoms with Gasteiger partial charge in [-0.1, -0.05) is 6.07 Å². The number of phenols is 1. The van der Waals surface area contributed by atoms with E-state index in [2.05, 4.69) is 0 Å². The first-order valence-corrected chi connectivity index (χ1v) is 5.68. The van der Waals surface area contributed by atoms with E-state index in [1.165, 1.54) is 5.56 Å². The summed E-state index contributed by atoms with van der Waals surface area (Å²) in [6.45, 7) is 2.26. The van der Waals surface area contributed by atoms with Crippen LogP contribution in [0.5, 0.6) is 5.75 Å². The Morgan fingerprint density at radius 2 is 2.38 bits per heavy atom. The van der Waals surface area contributed by atoms with Crippen LogP contribution in [0.2, 0.25) is 0 Å². The van der Waals surface area contributed by atoms with Gasteiger partial charge in [0.2, 0.25) is 0 Å². The molecular formula is C13H16O3. The zero-order valence-corrected chi connectivity index (χ0v) is 9.40. The first-order valence-electron chi connectivity index (χ1n) is 5.68. The van der Waals surface area contributed by atoms with E-state index >= 15 is 0 Å². The number of esters is 1. The van der Waals surface area contributed by atoms with Crippen LogP contribution in [0, 0.1) is 0 Å². The minimum atomic E-state index is -0.131. The summed E-state index contributed by atoms with van der Waals surface area (Å²) >= 11 is 0. The van der Waals surface area contributed by atoms with Crippen molar-refractivity contribution >= 4 is 5.97 Å². The summed E-state index contributed by atoms with van der Waals surface area (Å²) in [5.41, 5.74) is 2.35. The van der Waals surface area contributed by atoms with Crippen molar-refractivity contribution in [1.29, 1.82) is 0 Å². The number of phenolic OH excluding ortho intramolecular Hbond substituents is 1. The standard InChI is InChI=1S/C13H16O3/c1-2-16-13(15)8-10-4-3-9-7-11(14)5-6-12(9)10/h5-7,10,14H,2-4,8H2,1H3/t10-/m1/s1. The third kappa shape index (κ3) is 2.18. The van der Waals surface area contributed by atoms with Gasteiger partial charge in [-0.2, -0.15) is 0 Å². The number of benzene rings is 1. The molecule has 0 aromatic heterocycles. The summed E-state index contributed by atoms with van der Waals surface area (Å²) in [7, 11) is 0. The number of hydrogen-bond donors (Lipinski definition) is 1. The zero-order valence-electron chi connectivity index (χ0n) is 9.40. The number of rotatable bonds is 3. The fourth-order valence-corrected chi connectivity index (χ4v) is 2.33. The molecule has 1 atom stereocenters. The van der Waals surface area contributed by atoms with Gasteiger partial charge in [0, 0.05) is 0 Å². The van der Waals surface area contributed by atoms with Crippen LogP contribution < -0.4 is 0 Å². The van der Waals surface area contributed by atoms with Crippen molar-refractivity contribution in [3.05, 3.63) is 29.3 Å². The van der Waals surface area contributed by atoms with Gasteiger partial charge in [0.05, 0.1) is 13.0 Å². The van der Waals surface area contributed by atoms with E-state index in [4.69, 9.17) is 4.74 Å². The number of carbonyl (C=O) groups is 1.